The standard InChI is InChI=1S/C38H20BrCl2F7O/c39-27-14-6-24(7-15-27)35-32(22-10-18-29(41)19-11-22)33(25-2-1-3-30(42)20-25)31(21-8-16-28(40)17-9-21)34(36(35)49-38(46,47)48)23-4-12-26(13-5-23)37(43,44)45/h1-20H. The first-order valence-corrected chi connectivity index (χ1v) is 16.0. The molecule has 6 aromatic carbocycles. The van der Waals surface area contributed by atoms with Crippen LogP contribution >= 0.6 is 39.1 Å². The van der Waals surface area contributed by atoms with E-state index in [9.17, 15) is 26.3 Å². The van der Waals surface area contributed by atoms with Gasteiger partial charge < -0.3 is 4.74 Å². The van der Waals surface area contributed by atoms with Crippen LogP contribution in [0.25, 0.3) is 55.6 Å². The molecule has 0 radical (unpaired) electrons. The van der Waals surface area contributed by atoms with Gasteiger partial charge in [-0.25, -0.2) is 4.39 Å². The summed E-state index contributed by atoms with van der Waals surface area (Å²) in [6.07, 6.45) is -9.96. The average Bonchev–Trinajstić information content (AvgIpc) is 3.04. The van der Waals surface area contributed by atoms with Gasteiger partial charge in [-0.05, 0) is 94.0 Å². The third kappa shape index (κ3) is 7.49. The first kappa shape index (κ1) is 34.5. The van der Waals surface area contributed by atoms with Crippen molar-refractivity contribution in [3.05, 3.63) is 147 Å². The predicted octanol–water partition coefficient (Wildman–Crippen LogP) is 14.1. The molecule has 0 aliphatic carbocycles. The molecule has 0 heterocycles. The van der Waals surface area contributed by atoms with E-state index in [1.54, 1.807) is 66.7 Å². The van der Waals surface area contributed by atoms with Gasteiger partial charge in [0.1, 0.15) is 11.6 Å². The Kier molecular flexibility index (Phi) is 9.55. The van der Waals surface area contributed by atoms with Crippen LogP contribution in [0.3, 0.4) is 0 Å². The van der Waals surface area contributed by atoms with Gasteiger partial charge in [-0.1, -0.05) is 99.8 Å². The van der Waals surface area contributed by atoms with Gasteiger partial charge in [-0.3, -0.25) is 0 Å². The molecule has 11 heteroatoms. The number of hydrogen-bond donors (Lipinski definition) is 0. The predicted molar refractivity (Wildman–Crippen MR) is 183 cm³/mol. The highest BCUT2D eigenvalue weighted by Gasteiger charge is 2.38. The smallest absolute Gasteiger partial charge is 0.404 e. The Bertz CT molecular complexity index is 2130. The number of ether oxygens (including phenoxy) is 1. The highest BCUT2D eigenvalue weighted by molar-refractivity contribution is 9.10. The Morgan fingerprint density at radius 1 is 0.490 bits per heavy atom. The number of halogens is 10. The van der Waals surface area contributed by atoms with Crippen LogP contribution in [0, 0.1) is 5.82 Å². The van der Waals surface area contributed by atoms with E-state index in [1.165, 1.54) is 30.3 Å². The summed E-state index contributed by atoms with van der Waals surface area (Å²) in [4.78, 5) is 0. The fourth-order valence-corrected chi connectivity index (χ4v) is 6.20. The van der Waals surface area contributed by atoms with Gasteiger partial charge in [0.25, 0.3) is 0 Å². The quantitative estimate of drug-likeness (QED) is 0.153. The van der Waals surface area contributed by atoms with Gasteiger partial charge in [-0.15, -0.1) is 13.2 Å². The van der Waals surface area contributed by atoms with Crippen LogP contribution in [0.1, 0.15) is 5.56 Å². The molecule has 0 amide bonds. The van der Waals surface area contributed by atoms with Gasteiger partial charge in [0, 0.05) is 36.8 Å². The largest absolute Gasteiger partial charge is 0.573 e. The molecule has 0 atom stereocenters. The molecule has 0 saturated heterocycles. The fraction of sp³-hybridized carbons (Fsp3) is 0.0526. The first-order chi connectivity index (χ1) is 23.2. The Morgan fingerprint density at radius 2 is 0.898 bits per heavy atom. The summed E-state index contributed by atoms with van der Waals surface area (Å²) >= 11 is 15.8. The Morgan fingerprint density at radius 3 is 1.33 bits per heavy atom. The van der Waals surface area contributed by atoms with Crippen molar-refractivity contribution in [2.45, 2.75) is 12.5 Å². The minimum atomic E-state index is -5.25. The molecule has 248 valence electrons. The van der Waals surface area contributed by atoms with Crippen molar-refractivity contribution in [1.29, 1.82) is 0 Å². The van der Waals surface area contributed by atoms with Crippen LogP contribution in [-0.4, -0.2) is 6.36 Å². The average molecular weight is 776 g/mol. The lowest BCUT2D eigenvalue weighted by Gasteiger charge is -2.28. The van der Waals surface area contributed by atoms with E-state index in [-0.39, 0.29) is 44.5 Å². The Labute approximate surface area is 294 Å². The van der Waals surface area contributed by atoms with Crippen LogP contribution in [0.15, 0.2) is 126 Å². The van der Waals surface area contributed by atoms with E-state index in [0.717, 1.165) is 24.3 Å². The molecule has 0 aromatic heterocycles. The minimum Gasteiger partial charge on any atom is -0.404 e. The van der Waals surface area contributed by atoms with Crippen LogP contribution in [0.2, 0.25) is 10.0 Å². The molecule has 0 aliphatic rings. The summed E-state index contributed by atoms with van der Waals surface area (Å²) in [5.41, 5.74) is 0.701. The van der Waals surface area contributed by atoms with E-state index in [2.05, 4.69) is 15.9 Å². The molecular formula is C38H20BrCl2F7O. The van der Waals surface area contributed by atoms with Gasteiger partial charge >= 0.3 is 12.5 Å². The summed E-state index contributed by atoms with van der Waals surface area (Å²) in [6, 6.07) is 28.2. The summed E-state index contributed by atoms with van der Waals surface area (Å²) in [5.74, 6) is -1.30. The summed E-state index contributed by atoms with van der Waals surface area (Å²) < 4.78 is 105. The molecule has 0 N–H and O–H groups in total. The highest BCUT2D eigenvalue weighted by Crippen LogP contribution is 2.57. The van der Waals surface area contributed by atoms with Crippen molar-refractivity contribution in [3.8, 4) is 61.4 Å². The maximum Gasteiger partial charge on any atom is 0.573 e. The lowest BCUT2D eigenvalue weighted by molar-refractivity contribution is -0.274. The SMILES string of the molecule is Fc1cccc(-c2c(-c3ccc(Cl)cc3)c(-c3ccc(Br)cc3)c(OC(F)(F)F)c(-c3ccc(C(F)(F)F)cc3)c2-c2ccc(Cl)cc2)c1. The normalized spacial score (nSPS) is 11.9. The molecule has 6 aromatic rings. The number of hydrogen-bond acceptors (Lipinski definition) is 1. The van der Waals surface area contributed by atoms with Crippen molar-refractivity contribution in [2.75, 3.05) is 0 Å². The zero-order valence-corrected chi connectivity index (χ0v) is 27.8. The Balaban J connectivity index is 1.92. The molecule has 1 nitrogen and oxygen atoms in total. The molecule has 6 rings (SSSR count). The second-order valence-electron chi connectivity index (χ2n) is 10.9. The van der Waals surface area contributed by atoms with Gasteiger partial charge in [0.15, 0.2) is 0 Å². The van der Waals surface area contributed by atoms with Crippen LogP contribution in [0.5, 0.6) is 5.75 Å². The molecule has 0 fully saturated rings. The maximum absolute atomic E-state index is 15.1. The van der Waals surface area contributed by atoms with Crippen LogP contribution < -0.4 is 4.74 Å². The fourth-order valence-electron chi connectivity index (χ4n) is 5.68. The van der Waals surface area contributed by atoms with Crippen molar-refractivity contribution >= 4 is 39.1 Å². The Hall–Kier alpha value is -4.31. The molecule has 0 unspecified atom stereocenters. The number of benzene rings is 6. The monoisotopic (exact) mass is 774 g/mol. The first-order valence-electron chi connectivity index (χ1n) is 14.4. The molecule has 0 bridgehead atoms. The molecule has 0 saturated carbocycles. The zero-order chi connectivity index (χ0) is 35.1. The summed E-state index contributed by atoms with van der Waals surface area (Å²) in [5, 5.41) is 0.676. The van der Waals surface area contributed by atoms with Crippen LogP contribution in [0.4, 0.5) is 30.7 Å². The highest BCUT2D eigenvalue weighted by atomic mass is 79.9. The molecule has 0 aliphatic heterocycles. The van der Waals surface area contributed by atoms with E-state index in [0.29, 0.717) is 25.6 Å². The summed E-state index contributed by atoms with van der Waals surface area (Å²) in [6.45, 7) is 0. The zero-order valence-electron chi connectivity index (χ0n) is 24.7. The van der Waals surface area contributed by atoms with Gasteiger partial charge in [0.05, 0.1) is 5.56 Å². The third-order valence-electron chi connectivity index (χ3n) is 7.68. The van der Waals surface area contributed by atoms with Crippen molar-refractivity contribution in [2.24, 2.45) is 0 Å². The summed E-state index contributed by atoms with van der Waals surface area (Å²) in [7, 11) is 0. The van der Waals surface area contributed by atoms with Gasteiger partial charge in [-0.2, -0.15) is 13.2 Å². The minimum absolute atomic E-state index is 0.0177. The number of alkyl halides is 6. The van der Waals surface area contributed by atoms with Crippen molar-refractivity contribution < 1.29 is 35.5 Å². The van der Waals surface area contributed by atoms with E-state index < -0.39 is 29.7 Å². The van der Waals surface area contributed by atoms with Crippen molar-refractivity contribution in [3.63, 3.8) is 0 Å². The second kappa shape index (κ2) is 13.5. The third-order valence-corrected chi connectivity index (χ3v) is 8.72. The van der Waals surface area contributed by atoms with Crippen LogP contribution in [-0.2, 0) is 6.18 Å². The maximum atomic E-state index is 15.1. The van der Waals surface area contributed by atoms with E-state index >= 15 is 4.39 Å². The second-order valence-corrected chi connectivity index (χ2v) is 12.6. The molecular weight excluding hydrogens is 756 g/mol. The van der Waals surface area contributed by atoms with Gasteiger partial charge in [0.2, 0.25) is 0 Å². The topological polar surface area (TPSA) is 9.23 Å². The van der Waals surface area contributed by atoms with E-state index in [1.807, 2.05) is 0 Å². The van der Waals surface area contributed by atoms with E-state index in [4.69, 9.17) is 27.9 Å². The lowest BCUT2D eigenvalue weighted by atomic mass is 9.78. The van der Waals surface area contributed by atoms with Crippen molar-refractivity contribution in [1.82, 2.24) is 0 Å². The molecule has 0 spiro atoms. The molecule has 49 heavy (non-hydrogen) atoms. The lowest BCUT2D eigenvalue weighted by Crippen LogP contribution is -2.19. The number of rotatable bonds is 6.